The van der Waals surface area contributed by atoms with Crippen molar-refractivity contribution in [1.29, 1.82) is 5.26 Å². The molecule has 186 valence electrons. The van der Waals surface area contributed by atoms with Crippen molar-refractivity contribution < 1.29 is 37.3 Å². The molecule has 0 radical (unpaired) electrons. The molecule has 1 aromatic heterocycles. The highest BCUT2D eigenvalue weighted by molar-refractivity contribution is 5.95. The standard InChI is InChI=1S/C23H23F3N4O5/c1-13(16-6-19(23(24,25)26)28-9-18(16)34-2)30-17-4-3-14(5-15(17)8-27)21(33)29-10-22(7-20(31)32)11-35-12-22/h3-6,9,13,30H,7,10-12H2,1-2H3,(H,29,33)(H,31,32)/t13-/m0/s1. The van der Waals surface area contributed by atoms with E-state index in [0.717, 1.165) is 12.3 Å². The molecule has 1 aromatic carbocycles. The number of hydrogen-bond donors (Lipinski definition) is 3. The molecule has 12 heteroatoms. The summed E-state index contributed by atoms with van der Waals surface area (Å²) in [7, 11) is 1.31. The number of carbonyl (C=O) groups excluding carboxylic acids is 1. The molecule has 1 amide bonds. The van der Waals surface area contributed by atoms with Crippen molar-refractivity contribution in [3.8, 4) is 11.8 Å². The van der Waals surface area contributed by atoms with Crippen LogP contribution < -0.4 is 15.4 Å². The van der Waals surface area contributed by atoms with E-state index in [1.807, 2.05) is 6.07 Å². The largest absolute Gasteiger partial charge is 0.495 e. The van der Waals surface area contributed by atoms with Crippen molar-refractivity contribution in [1.82, 2.24) is 10.3 Å². The summed E-state index contributed by atoms with van der Waals surface area (Å²) < 4.78 is 49.6. The van der Waals surface area contributed by atoms with Gasteiger partial charge in [0.05, 0.1) is 50.2 Å². The van der Waals surface area contributed by atoms with Gasteiger partial charge in [0.1, 0.15) is 17.5 Å². The first kappa shape index (κ1) is 25.8. The molecule has 9 nitrogen and oxygen atoms in total. The van der Waals surface area contributed by atoms with Crippen LogP contribution in [0.1, 0.15) is 46.6 Å². The van der Waals surface area contributed by atoms with Gasteiger partial charge in [-0.3, -0.25) is 9.59 Å². The molecule has 1 aliphatic heterocycles. The molecular formula is C23H23F3N4O5. The Balaban J connectivity index is 1.76. The molecule has 1 saturated heterocycles. The number of carbonyl (C=O) groups is 2. The van der Waals surface area contributed by atoms with Gasteiger partial charge in [0.25, 0.3) is 5.91 Å². The molecule has 1 atom stereocenters. The lowest BCUT2D eigenvalue weighted by Gasteiger charge is -2.40. The molecule has 2 aromatic rings. The van der Waals surface area contributed by atoms with Crippen molar-refractivity contribution in [2.24, 2.45) is 5.41 Å². The van der Waals surface area contributed by atoms with Gasteiger partial charge >= 0.3 is 12.1 Å². The number of methoxy groups -OCH3 is 1. The number of aliphatic carboxylic acids is 1. The van der Waals surface area contributed by atoms with E-state index in [4.69, 9.17) is 14.6 Å². The fraction of sp³-hybridized carbons (Fsp3) is 0.391. The molecule has 0 bridgehead atoms. The van der Waals surface area contributed by atoms with E-state index in [1.165, 1.54) is 25.3 Å². The smallest absolute Gasteiger partial charge is 0.433 e. The second-order valence-electron chi connectivity index (χ2n) is 8.29. The molecule has 0 spiro atoms. The average molecular weight is 492 g/mol. The van der Waals surface area contributed by atoms with E-state index in [2.05, 4.69) is 15.6 Å². The number of nitrogens with one attached hydrogen (secondary N) is 2. The highest BCUT2D eigenvalue weighted by atomic mass is 19.4. The number of aromatic nitrogens is 1. The zero-order valence-corrected chi connectivity index (χ0v) is 18.9. The summed E-state index contributed by atoms with van der Waals surface area (Å²) in [5.74, 6) is -1.35. The fourth-order valence-electron chi connectivity index (χ4n) is 3.69. The van der Waals surface area contributed by atoms with Gasteiger partial charge in [-0.15, -0.1) is 0 Å². The van der Waals surface area contributed by atoms with Crippen molar-refractivity contribution in [3.05, 3.63) is 52.8 Å². The molecular weight excluding hydrogens is 469 g/mol. The predicted molar refractivity (Wildman–Crippen MR) is 117 cm³/mol. The molecule has 1 fully saturated rings. The molecule has 1 aliphatic rings. The van der Waals surface area contributed by atoms with Crippen LogP contribution in [0.3, 0.4) is 0 Å². The molecule has 3 N–H and O–H groups in total. The number of nitriles is 1. The topological polar surface area (TPSA) is 134 Å². The summed E-state index contributed by atoms with van der Waals surface area (Å²) in [6, 6.07) is 6.42. The first-order valence-corrected chi connectivity index (χ1v) is 10.5. The van der Waals surface area contributed by atoms with Crippen LogP contribution in [0.15, 0.2) is 30.5 Å². The Kier molecular flexibility index (Phi) is 7.50. The number of alkyl halides is 3. The van der Waals surface area contributed by atoms with Gasteiger partial charge in [0.15, 0.2) is 0 Å². The van der Waals surface area contributed by atoms with Crippen molar-refractivity contribution in [2.75, 3.05) is 32.2 Å². The van der Waals surface area contributed by atoms with Gasteiger partial charge in [-0.1, -0.05) is 0 Å². The van der Waals surface area contributed by atoms with E-state index in [9.17, 15) is 28.0 Å². The van der Waals surface area contributed by atoms with Gasteiger partial charge < -0.3 is 25.2 Å². The molecule has 3 rings (SSSR count). The lowest BCUT2D eigenvalue weighted by Crippen LogP contribution is -2.52. The van der Waals surface area contributed by atoms with E-state index in [0.29, 0.717) is 5.69 Å². The Bertz CT molecular complexity index is 1160. The Labute approximate surface area is 198 Å². The lowest BCUT2D eigenvalue weighted by molar-refractivity contribution is -0.155. The highest BCUT2D eigenvalue weighted by Crippen LogP contribution is 2.35. The first-order chi connectivity index (χ1) is 16.5. The number of benzene rings is 1. The Morgan fingerprint density at radius 3 is 2.60 bits per heavy atom. The first-order valence-electron chi connectivity index (χ1n) is 10.5. The molecule has 35 heavy (non-hydrogen) atoms. The van der Waals surface area contributed by atoms with Crippen molar-refractivity contribution >= 4 is 17.6 Å². The maximum absolute atomic E-state index is 13.1. The van der Waals surface area contributed by atoms with Crippen LogP contribution in [0.4, 0.5) is 18.9 Å². The number of ether oxygens (including phenoxy) is 2. The predicted octanol–water partition coefficient (Wildman–Crippen LogP) is 3.37. The number of pyridine rings is 1. The van der Waals surface area contributed by atoms with Crippen LogP contribution in [0.25, 0.3) is 0 Å². The van der Waals surface area contributed by atoms with Gasteiger partial charge in [0, 0.05) is 23.1 Å². The summed E-state index contributed by atoms with van der Waals surface area (Å²) in [4.78, 5) is 27.0. The summed E-state index contributed by atoms with van der Waals surface area (Å²) >= 11 is 0. The minimum absolute atomic E-state index is 0.0977. The summed E-state index contributed by atoms with van der Waals surface area (Å²) in [5, 5.41) is 24.3. The monoisotopic (exact) mass is 492 g/mol. The van der Waals surface area contributed by atoms with Crippen LogP contribution in [0.5, 0.6) is 5.75 Å². The third kappa shape index (κ3) is 5.99. The van der Waals surface area contributed by atoms with Crippen LogP contribution >= 0.6 is 0 Å². The Hall–Kier alpha value is -3.85. The van der Waals surface area contributed by atoms with E-state index >= 15 is 0 Å². The van der Waals surface area contributed by atoms with Crippen LogP contribution in [0, 0.1) is 16.7 Å². The summed E-state index contributed by atoms with van der Waals surface area (Å²) in [6.07, 6.45) is -3.80. The highest BCUT2D eigenvalue weighted by Gasteiger charge is 2.41. The number of halogens is 3. The third-order valence-electron chi connectivity index (χ3n) is 5.62. The van der Waals surface area contributed by atoms with Crippen LogP contribution in [0.2, 0.25) is 0 Å². The number of hydrogen-bond acceptors (Lipinski definition) is 7. The van der Waals surface area contributed by atoms with Crippen molar-refractivity contribution in [2.45, 2.75) is 25.6 Å². The van der Waals surface area contributed by atoms with Crippen molar-refractivity contribution in [3.63, 3.8) is 0 Å². The summed E-state index contributed by atoms with van der Waals surface area (Å²) in [6.45, 7) is 2.14. The maximum atomic E-state index is 13.1. The number of anilines is 1. The second-order valence-corrected chi connectivity index (χ2v) is 8.29. The van der Waals surface area contributed by atoms with E-state index in [-0.39, 0.29) is 48.6 Å². The quantitative estimate of drug-likeness (QED) is 0.485. The zero-order valence-electron chi connectivity index (χ0n) is 18.9. The number of nitrogens with zero attached hydrogens (tertiary/aromatic N) is 2. The minimum atomic E-state index is -4.64. The van der Waals surface area contributed by atoms with E-state index < -0.39 is 35.2 Å². The minimum Gasteiger partial charge on any atom is -0.495 e. The SMILES string of the molecule is COc1cnc(C(F)(F)F)cc1[C@H](C)Nc1ccc(C(=O)NCC2(CC(=O)O)COC2)cc1C#N. The molecule has 0 aliphatic carbocycles. The number of rotatable bonds is 9. The fourth-order valence-corrected chi connectivity index (χ4v) is 3.69. The molecule has 0 unspecified atom stereocenters. The zero-order chi connectivity index (χ0) is 25.8. The number of amides is 1. The van der Waals surface area contributed by atoms with Gasteiger partial charge in [-0.25, -0.2) is 4.98 Å². The number of carboxylic acid groups (broad SMARTS) is 1. The normalized spacial score (nSPS) is 15.3. The summed E-state index contributed by atoms with van der Waals surface area (Å²) in [5.41, 5.74) is -0.986. The third-order valence-corrected chi connectivity index (χ3v) is 5.62. The van der Waals surface area contributed by atoms with E-state index in [1.54, 1.807) is 6.92 Å². The van der Waals surface area contributed by atoms with Gasteiger partial charge in [-0.05, 0) is 31.2 Å². The Morgan fingerprint density at radius 2 is 2.06 bits per heavy atom. The lowest BCUT2D eigenvalue weighted by atomic mass is 9.82. The Morgan fingerprint density at radius 1 is 1.34 bits per heavy atom. The average Bonchev–Trinajstić information content (AvgIpc) is 2.79. The van der Waals surface area contributed by atoms with Crippen LogP contribution in [-0.2, 0) is 15.7 Å². The number of carboxylic acids is 1. The second kappa shape index (κ2) is 10.2. The van der Waals surface area contributed by atoms with Gasteiger partial charge in [-0.2, -0.15) is 18.4 Å². The molecule has 2 heterocycles. The molecule has 0 saturated carbocycles. The maximum Gasteiger partial charge on any atom is 0.433 e. The van der Waals surface area contributed by atoms with Crippen LogP contribution in [-0.4, -0.2) is 48.8 Å². The van der Waals surface area contributed by atoms with Gasteiger partial charge in [0.2, 0.25) is 0 Å².